The molecule has 2 rings (SSSR count). The van der Waals surface area contributed by atoms with Crippen LogP contribution in [-0.4, -0.2) is 19.2 Å². The van der Waals surface area contributed by atoms with E-state index in [-0.39, 0.29) is 5.97 Å². The van der Waals surface area contributed by atoms with E-state index in [0.717, 1.165) is 36.7 Å². The lowest BCUT2D eigenvalue weighted by Gasteiger charge is -2.28. The summed E-state index contributed by atoms with van der Waals surface area (Å²) in [6.45, 7) is 5.84. The van der Waals surface area contributed by atoms with Crippen molar-refractivity contribution in [3.05, 3.63) is 35.9 Å². The number of carbonyl (C=O) groups excluding carboxylic acids is 1. The van der Waals surface area contributed by atoms with Crippen molar-refractivity contribution in [2.75, 3.05) is 13.2 Å². The van der Waals surface area contributed by atoms with Gasteiger partial charge >= 0.3 is 5.97 Å². The fourth-order valence-electron chi connectivity index (χ4n) is 4.25. The van der Waals surface area contributed by atoms with Gasteiger partial charge in [-0.3, -0.25) is 0 Å². The van der Waals surface area contributed by atoms with Crippen LogP contribution in [0.2, 0.25) is 0 Å². The van der Waals surface area contributed by atoms with Crippen LogP contribution in [0, 0.1) is 11.8 Å². The summed E-state index contributed by atoms with van der Waals surface area (Å²) in [4.78, 5) is 11.8. The topological polar surface area (TPSA) is 35.5 Å². The highest BCUT2D eigenvalue weighted by atomic mass is 16.5. The first kappa shape index (κ1) is 24.5. The molecule has 0 unspecified atom stereocenters. The number of carbonyl (C=O) groups is 1. The van der Waals surface area contributed by atoms with Crippen LogP contribution >= 0.6 is 0 Å². The van der Waals surface area contributed by atoms with Crippen LogP contribution in [0.5, 0.6) is 5.75 Å². The molecule has 0 N–H and O–H groups in total. The maximum Gasteiger partial charge on any atom is 0.330 e. The number of hydrogen-bond acceptors (Lipinski definition) is 3. The Kier molecular flexibility index (Phi) is 12.3. The highest BCUT2D eigenvalue weighted by Gasteiger charge is 2.20. The molecule has 0 bridgehead atoms. The quantitative estimate of drug-likeness (QED) is 0.179. The molecule has 1 aromatic rings. The Labute approximate surface area is 184 Å². The third kappa shape index (κ3) is 10.3. The zero-order valence-corrected chi connectivity index (χ0v) is 19.2. The summed E-state index contributed by atoms with van der Waals surface area (Å²) in [6, 6.07) is 7.96. The molecule has 3 nitrogen and oxygen atoms in total. The molecular formula is C27H42O3. The molecule has 0 radical (unpaired) electrons. The van der Waals surface area contributed by atoms with Crippen molar-refractivity contribution in [1.29, 1.82) is 0 Å². The summed E-state index contributed by atoms with van der Waals surface area (Å²) in [5.74, 6) is 2.28. The molecule has 3 heteroatoms. The van der Waals surface area contributed by atoms with Crippen molar-refractivity contribution < 1.29 is 14.3 Å². The Balaban J connectivity index is 1.60. The van der Waals surface area contributed by atoms with E-state index in [2.05, 4.69) is 13.8 Å². The van der Waals surface area contributed by atoms with Crippen molar-refractivity contribution in [2.45, 2.75) is 90.9 Å². The van der Waals surface area contributed by atoms with E-state index in [1.54, 1.807) is 0 Å². The minimum Gasteiger partial charge on any atom is -0.493 e. The molecule has 0 spiro atoms. The minimum atomic E-state index is -0.262. The highest BCUT2D eigenvalue weighted by molar-refractivity contribution is 5.87. The first-order valence-corrected chi connectivity index (χ1v) is 12.3. The standard InChI is InChI=1S/C27H42O3/c1-3-5-6-7-8-9-21-29-27(28)20-17-24-15-18-26(19-16-24)30-22-25-13-11-23(10-4-2)12-14-25/h15-20,23,25H,3-14,21-22H2,1-2H3. The molecular weight excluding hydrogens is 372 g/mol. The second kappa shape index (κ2) is 15.1. The minimum absolute atomic E-state index is 0.262. The highest BCUT2D eigenvalue weighted by Crippen LogP contribution is 2.31. The van der Waals surface area contributed by atoms with Gasteiger partial charge in [-0.1, -0.05) is 83.8 Å². The van der Waals surface area contributed by atoms with Crippen LogP contribution in [0.1, 0.15) is 96.5 Å². The second-order valence-corrected chi connectivity index (χ2v) is 8.82. The van der Waals surface area contributed by atoms with Crippen LogP contribution in [-0.2, 0) is 9.53 Å². The Morgan fingerprint density at radius 1 is 0.900 bits per heavy atom. The monoisotopic (exact) mass is 414 g/mol. The SMILES string of the molecule is CCCCCCCCOC(=O)C=Cc1ccc(OCC2CCC(CCC)CC2)cc1. The van der Waals surface area contributed by atoms with Crippen molar-refractivity contribution in [2.24, 2.45) is 11.8 Å². The van der Waals surface area contributed by atoms with E-state index in [0.29, 0.717) is 12.5 Å². The molecule has 1 saturated carbocycles. The number of esters is 1. The van der Waals surface area contributed by atoms with Crippen molar-refractivity contribution in [1.82, 2.24) is 0 Å². The number of rotatable bonds is 14. The molecule has 0 heterocycles. The Hall–Kier alpha value is -1.77. The van der Waals surface area contributed by atoms with E-state index >= 15 is 0 Å². The van der Waals surface area contributed by atoms with Gasteiger partial charge in [0.2, 0.25) is 0 Å². The molecule has 0 aromatic heterocycles. The zero-order chi connectivity index (χ0) is 21.4. The number of hydrogen-bond donors (Lipinski definition) is 0. The average Bonchev–Trinajstić information content (AvgIpc) is 2.77. The number of ether oxygens (including phenoxy) is 2. The molecule has 0 aliphatic heterocycles. The van der Waals surface area contributed by atoms with Crippen LogP contribution in [0.4, 0.5) is 0 Å². The van der Waals surface area contributed by atoms with E-state index in [9.17, 15) is 4.79 Å². The largest absolute Gasteiger partial charge is 0.493 e. The fraction of sp³-hybridized carbons (Fsp3) is 0.667. The Morgan fingerprint density at radius 2 is 1.57 bits per heavy atom. The third-order valence-corrected chi connectivity index (χ3v) is 6.18. The molecule has 1 aromatic carbocycles. The lowest BCUT2D eigenvalue weighted by molar-refractivity contribution is -0.137. The van der Waals surface area contributed by atoms with Crippen LogP contribution in [0.3, 0.4) is 0 Å². The van der Waals surface area contributed by atoms with Gasteiger partial charge in [0, 0.05) is 6.08 Å². The average molecular weight is 415 g/mol. The predicted molar refractivity (Wildman–Crippen MR) is 126 cm³/mol. The molecule has 30 heavy (non-hydrogen) atoms. The van der Waals surface area contributed by atoms with Crippen molar-refractivity contribution in [3.63, 3.8) is 0 Å². The van der Waals surface area contributed by atoms with Gasteiger partial charge in [-0.15, -0.1) is 0 Å². The lowest BCUT2D eigenvalue weighted by atomic mass is 9.80. The molecule has 1 fully saturated rings. The molecule has 168 valence electrons. The van der Waals surface area contributed by atoms with Gasteiger partial charge in [0.05, 0.1) is 13.2 Å². The predicted octanol–water partition coefficient (Wildman–Crippen LogP) is 7.59. The van der Waals surface area contributed by atoms with E-state index < -0.39 is 0 Å². The maximum atomic E-state index is 11.8. The molecule has 0 saturated heterocycles. The first-order chi connectivity index (χ1) is 14.7. The Morgan fingerprint density at radius 3 is 2.27 bits per heavy atom. The molecule has 1 aliphatic rings. The van der Waals surface area contributed by atoms with Gasteiger partial charge in [-0.25, -0.2) is 4.79 Å². The van der Waals surface area contributed by atoms with E-state index in [4.69, 9.17) is 9.47 Å². The van der Waals surface area contributed by atoms with Gasteiger partial charge in [0.1, 0.15) is 5.75 Å². The Bertz CT molecular complexity index is 597. The number of benzene rings is 1. The smallest absolute Gasteiger partial charge is 0.330 e. The third-order valence-electron chi connectivity index (χ3n) is 6.18. The fourth-order valence-corrected chi connectivity index (χ4v) is 4.25. The first-order valence-electron chi connectivity index (χ1n) is 12.3. The molecule has 0 amide bonds. The van der Waals surface area contributed by atoms with Gasteiger partial charge < -0.3 is 9.47 Å². The van der Waals surface area contributed by atoms with Crippen LogP contribution in [0.15, 0.2) is 30.3 Å². The van der Waals surface area contributed by atoms with Crippen molar-refractivity contribution in [3.8, 4) is 5.75 Å². The van der Waals surface area contributed by atoms with Gasteiger partial charge in [-0.2, -0.15) is 0 Å². The van der Waals surface area contributed by atoms with Crippen LogP contribution < -0.4 is 4.74 Å². The normalized spacial score (nSPS) is 19.1. The molecule has 1 aliphatic carbocycles. The van der Waals surface area contributed by atoms with E-state index in [1.165, 1.54) is 70.3 Å². The molecule has 0 atom stereocenters. The zero-order valence-electron chi connectivity index (χ0n) is 19.2. The van der Waals surface area contributed by atoms with Crippen LogP contribution in [0.25, 0.3) is 6.08 Å². The number of unbranched alkanes of at least 4 members (excludes halogenated alkanes) is 5. The lowest BCUT2D eigenvalue weighted by Crippen LogP contribution is -2.20. The second-order valence-electron chi connectivity index (χ2n) is 8.82. The summed E-state index contributed by atoms with van der Waals surface area (Å²) in [5, 5.41) is 0. The summed E-state index contributed by atoms with van der Waals surface area (Å²) in [5.41, 5.74) is 0.985. The van der Waals surface area contributed by atoms with Crippen molar-refractivity contribution >= 4 is 12.0 Å². The van der Waals surface area contributed by atoms with Gasteiger partial charge in [0.15, 0.2) is 0 Å². The summed E-state index contributed by atoms with van der Waals surface area (Å²) in [6.07, 6.45) is 18.5. The summed E-state index contributed by atoms with van der Waals surface area (Å²) < 4.78 is 11.3. The van der Waals surface area contributed by atoms with Gasteiger partial charge in [-0.05, 0) is 54.9 Å². The van der Waals surface area contributed by atoms with E-state index in [1.807, 2.05) is 30.3 Å². The summed E-state index contributed by atoms with van der Waals surface area (Å²) >= 11 is 0. The van der Waals surface area contributed by atoms with Gasteiger partial charge in [0.25, 0.3) is 0 Å². The maximum absolute atomic E-state index is 11.8. The summed E-state index contributed by atoms with van der Waals surface area (Å²) in [7, 11) is 0.